The van der Waals surface area contributed by atoms with Crippen LogP contribution in [0.2, 0.25) is 0 Å². The lowest BCUT2D eigenvalue weighted by Crippen LogP contribution is -2.20. The molecule has 3 unspecified atom stereocenters. The monoisotopic (exact) mass is 805 g/mol. The van der Waals surface area contributed by atoms with Gasteiger partial charge in [0.25, 0.3) is 0 Å². The lowest BCUT2D eigenvalue weighted by Gasteiger charge is -2.30. The third-order valence-corrected chi connectivity index (χ3v) is 12.8. The van der Waals surface area contributed by atoms with Gasteiger partial charge < -0.3 is 8.74 Å². The minimum absolute atomic E-state index is 0.00771. The summed E-state index contributed by atoms with van der Waals surface area (Å²) < 4.78 is 69.8. The first-order valence-electron chi connectivity index (χ1n) is 13.6. The van der Waals surface area contributed by atoms with Crippen molar-refractivity contribution in [1.29, 1.82) is 0 Å². The number of benzene rings is 2. The number of rotatable bonds is 7. The summed E-state index contributed by atoms with van der Waals surface area (Å²) in [5.74, 6) is 0.460. The third kappa shape index (κ3) is 6.71. The zero-order chi connectivity index (χ0) is 28.5. The molecule has 214 valence electrons. The van der Waals surface area contributed by atoms with Gasteiger partial charge in [-0.05, 0) is 150 Å². The predicted octanol–water partition coefficient (Wildman–Crippen LogP) is 8.04. The first-order chi connectivity index (χ1) is 19.0. The molecule has 0 spiro atoms. The van der Waals surface area contributed by atoms with Crippen LogP contribution in [0.15, 0.2) is 70.5 Å². The van der Waals surface area contributed by atoms with E-state index in [1.807, 2.05) is 0 Å². The molecule has 0 radical (unpaired) electrons. The van der Waals surface area contributed by atoms with Gasteiger partial charge in [0, 0.05) is 7.14 Å². The fraction of sp³-hybridized carbons (Fsp3) is 0.400. The quantitative estimate of drug-likeness (QED) is 0.122. The Labute approximate surface area is 264 Å². The molecule has 2 aromatic rings. The maximum absolute atomic E-state index is 14.3. The van der Waals surface area contributed by atoms with Crippen LogP contribution in [-0.2, 0) is 20.2 Å². The highest BCUT2D eigenvalue weighted by molar-refractivity contribution is 14.1. The van der Waals surface area contributed by atoms with E-state index in [1.54, 1.807) is 45.2 Å². The summed E-state index contributed by atoms with van der Waals surface area (Å²) in [5, 5.41) is 0. The molecule has 0 bridgehead atoms. The van der Waals surface area contributed by atoms with Crippen LogP contribution in [0.25, 0.3) is 0 Å². The van der Waals surface area contributed by atoms with E-state index in [0.29, 0.717) is 5.92 Å². The number of hydrogen-bond donors (Lipinski definition) is 0. The Morgan fingerprint density at radius 2 is 1.10 bits per heavy atom. The van der Waals surface area contributed by atoms with Gasteiger partial charge in [-0.2, -0.15) is 8.42 Å². The lowest BCUT2D eigenvalue weighted by atomic mass is 9.78. The molecule has 0 saturated carbocycles. The fourth-order valence-corrected chi connectivity index (χ4v) is 11.5. The SMILES string of the molecule is O=S(=O)([O-])c1c(I)cc(OS(=O)(=O)c2c(C3CC=CCC3)cc(C3CC=CCC3)cc2C2CC=CCC2)cc1I. The largest absolute Gasteiger partial charge is 0.744 e. The van der Waals surface area contributed by atoms with Gasteiger partial charge >= 0.3 is 10.1 Å². The molecule has 0 saturated heterocycles. The van der Waals surface area contributed by atoms with Crippen molar-refractivity contribution in [1.82, 2.24) is 0 Å². The molecule has 6 nitrogen and oxygen atoms in total. The summed E-state index contributed by atoms with van der Waals surface area (Å²) in [4.78, 5) is -0.109. The summed E-state index contributed by atoms with van der Waals surface area (Å²) in [6.45, 7) is 0. The highest BCUT2D eigenvalue weighted by atomic mass is 127. The first-order valence-corrected chi connectivity index (χ1v) is 18.5. The van der Waals surface area contributed by atoms with E-state index in [4.69, 9.17) is 4.18 Å². The van der Waals surface area contributed by atoms with E-state index < -0.39 is 20.2 Å². The topological polar surface area (TPSA) is 101 Å². The van der Waals surface area contributed by atoms with Crippen molar-refractivity contribution >= 4 is 65.4 Å². The van der Waals surface area contributed by atoms with E-state index >= 15 is 0 Å². The van der Waals surface area contributed by atoms with E-state index in [0.717, 1.165) is 68.9 Å². The van der Waals surface area contributed by atoms with Crippen LogP contribution >= 0.6 is 45.2 Å². The molecule has 0 aromatic heterocycles. The van der Waals surface area contributed by atoms with Crippen molar-refractivity contribution in [3.63, 3.8) is 0 Å². The number of allylic oxidation sites excluding steroid dienone is 6. The van der Waals surface area contributed by atoms with Crippen LogP contribution in [0.3, 0.4) is 0 Å². The molecular formula is C30H31I2O6S2-. The van der Waals surface area contributed by atoms with Crippen molar-refractivity contribution in [2.45, 2.75) is 85.3 Å². The zero-order valence-electron chi connectivity index (χ0n) is 21.9. The third-order valence-electron chi connectivity index (χ3n) is 8.00. The second kappa shape index (κ2) is 12.6. The van der Waals surface area contributed by atoms with Crippen LogP contribution in [-0.4, -0.2) is 21.4 Å². The Balaban J connectivity index is 1.67. The van der Waals surface area contributed by atoms with Gasteiger partial charge in [-0.1, -0.05) is 48.6 Å². The van der Waals surface area contributed by atoms with Crippen LogP contribution in [0.5, 0.6) is 5.75 Å². The molecule has 5 rings (SSSR count). The molecule has 2 aromatic carbocycles. The van der Waals surface area contributed by atoms with Crippen molar-refractivity contribution < 1.29 is 25.6 Å². The van der Waals surface area contributed by atoms with Crippen molar-refractivity contribution in [3.8, 4) is 5.75 Å². The second-order valence-electron chi connectivity index (χ2n) is 10.7. The Hall–Kier alpha value is -1.22. The fourth-order valence-electron chi connectivity index (χ4n) is 6.07. The molecule has 0 N–H and O–H groups in total. The number of halogens is 2. The van der Waals surface area contributed by atoms with Gasteiger partial charge in [0.2, 0.25) is 0 Å². The maximum Gasteiger partial charge on any atom is 0.339 e. The summed E-state index contributed by atoms with van der Waals surface area (Å²) in [6, 6.07) is 6.85. The van der Waals surface area contributed by atoms with Gasteiger partial charge in [-0.3, -0.25) is 0 Å². The summed E-state index contributed by atoms with van der Waals surface area (Å²) >= 11 is 3.47. The summed E-state index contributed by atoms with van der Waals surface area (Å²) in [6.07, 6.45) is 21.1. The minimum atomic E-state index is -4.72. The molecule has 3 aliphatic carbocycles. The van der Waals surface area contributed by atoms with Crippen LogP contribution in [0.1, 0.15) is 92.2 Å². The van der Waals surface area contributed by atoms with Gasteiger partial charge in [0.1, 0.15) is 20.8 Å². The van der Waals surface area contributed by atoms with Crippen molar-refractivity contribution in [2.24, 2.45) is 0 Å². The van der Waals surface area contributed by atoms with E-state index in [-0.39, 0.29) is 34.5 Å². The minimum Gasteiger partial charge on any atom is -0.744 e. The Kier molecular flexibility index (Phi) is 9.50. The average Bonchev–Trinajstić information content (AvgIpc) is 2.92. The Morgan fingerprint density at radius 3 is 1.50 bits per heavy atom. The van der Waals surface area contributed by atoms with Crippen molar-refractivity contribution in [3.05, 3.63) is 84.6 Å². The van der Waals surface area contributed by atoms with E-state index in [9.17, 15) is 21.4 Å². The lowest BCUT2D eigenvalue weighted by molar-refractivity contribution is 0.461. The van der Waals surface area contributed by atoms with E-state index in [1.165, 1.54) is 17.7 Å². The molecule has 0 aliphatic heterocycles. The van der Waals surface area contributed by atoms with Gasteiger partial charge in [-0.25, -0.2) is 8.42 Å². The molecule has 40 heavy (non-hydrogen) atoms. The normalized spacial score (nSPS) is 23.3. The van der Waals surface area contributed by atoms with Gasteiger partial charge in [-0.15, -0.1) is 0 Å². The smallest absolute Gasteiger partial charge is 0.339 e. The zero-order valence-corrected chi connectivity index (χ0v) is 27.8. The molecule has 3 atom stereocenters. The predicted molar refractivity (Wildman–Crippen MR) is 171 cm³/mol. The summed E-state index contributed by atoms with van der Waals surface area (Å²) in [5.41, 5.74) is 2.85. The number of hydrogen-bond acceptors (Lipinski definition) is 6. The molecule has 0 fully saturated rings. The van der Waals surface area contributed by atoms with Gasteiger partial charge in [0.05, 0.1) is 4.90 Å². The van der Waals surface area contributed by atoms with Crippen LogP contribution < -0.4 is 4.18 Å². The molecule has 10 heteroatoms. The first kappa shape index (κ1) is 30.2. The maximum atomic E-state index is 14.3. The molecular weight excluding hydrogens is 774 g/mol. The highest BCUT2D eigenvalue weighted by Gasteiger charge is 2.34. The van der Waals surface area contributed by atoms with Crippen LogP contribution in [0.4, 0.5) is 0 Å². The Morgan fingerprint density at radius 1 is 0.650 bits per heavy atom. The second-order valence-corrected chi connectivity index (χ2v) is 15.8. The van der Waals surface area contributed by atoms with Crippen molar-refractivity contribution in [2.75, 3.05) is 0 Å². The van der Waals surface area contributed by atoms with Crippen LogP contribution in [0, 0.1) is 7.14 Å². The molecule has 3 aliphatic rings. The molecule has 0 heterocycles. The van der Waals surface area contributed by atoms with E-state index in [2.05, 4.69) is 48.6 Å². The summed E-state index contributed by atoms with van der Waals surface area (Å²) in [7, 11) is -9.02. The molecule has 0 amide bonds. The Bertz CT molecular complexity index is 1520. The van der Waals surface area contributed by atoms with Gasteiger partial charge in [0.15, 0.2) is 0 Å². The standard InChI is InChI=1S/C30H32I2O6S2/c31-27-18-24(19-28(32)30(27)39(33,34)35)38-40(36,37)29-25(21-12-6-2-7-13-21)16-23(20-10-4-1-5-11-20)17-26(29)22-14-8-3-9-15-22/h1-4,6,8,16-22H,5,7,9-15H2,(H,33,34,35)/p-1. The highest BCUT2D eigenvalue weighted by Crippen LogP contribution is 2.44. The average molecular weight is 806 g/mol.